The Hall–Kier alpha value is -1.63. The van der Waals surface area contributed by atoms with Crippen LogP contribution in [0.25, 0.3) is 0 Å². The maximum Gasteiger partial charge on any atom is 0.161 e. The summed E-state index contributed by atoms with van der Waals surface area (Å²) < 4.78 is 33.3. The van der Waals surface area contributed by atoms with Crippen LogP contribution in [0, 0.1) is 13.8 Å². The van der Waals surface area contributed by atoms with Crippen molar-refractivity contribution in [2.75, 3.05) is 0 Å². The van der Waals surface area contributed by atoms with E-state index in [1.165, 1.54) is 0 Å². The molecule has 0 unspecified atom stereocenters. The fourth-order valence-electron chi connectivity index (χ4n) is 1.47. The topological polar surface area (TPSA) is 86.2 Å². The van der Waals surface area contributed by atoms with Gasteiger partial charge in [0.25, 0.3) is 0 Å². The van der Waals surface area contributed by atoms with E-state index >= 15 is 0 Å². The van der Waals surface area contributed by atoms with E-state index in [9.17, 15) is 8.42 Å². The zero-order valence-corrected chi connectivity index (χ0v) is 10.3. The predicted molar refractivity (Wildman–Crippen MR) is 58.8 cm³/mol. The van der Waals surface area contributed by atoms with E-state index in [0.717, 1.165) is 0 Å². The summed E-state index contributed by atoms with van der Waals surface area (Å²) in [6.45, 7) is 3.42. The summed E-state index contributed by atoms with van der Waals surface area (Å²) >= 11 is 0. The molecule has 92 valence electrons. The number of hydrogen-bond donors (Lipinski definition) is 0. The normalized spacial score (nSPS) is 11.9. The molecular weight excluding hydrogens is 244 g/mol. The van der Waals surface area contributed by atoms with E-state index in [-0.39, 0.29) is 11.5 Å². The van der Waals surface area contributed by atoms with Crippen molar-refractivity contribution in [3.63, 3.8) is 0 Å². The number of sulfone groups is 1. The molecule has 0 saturated carbocycles. The molecular formula is C10H12N2O4S. The van der Waals surface area contributed by atoms with Crippen LogP contribution in [0.5, 0.6) is 0 Å². The van der Waals surface area contributed by atoms with E-state index in [4.69, 9.17) is 9.05 Å². The van der Waals surface area contributed by atoms with Gasteiger partial charge in [-0.25, -0.2) is 8.42 Å². The van der Waals surface area contributed by atoms with Crippen LogP contribution in [-0.2, 0) is 21.3 Å². The highest BCUT2D eigenvalue weighted by molar-refractivity contribution is 7.89. The molecule has 0 saturated heterocycles. The lowest BCUT2D eigenvalue weighted by molar-refractivity contribution is 0.391. The van der Waals surface area contributed by atoms with Gasteiger partial charge < -0.3 is 9.05 Å². The minimum atomic E-state index is -3.31. The Kier molecular flexibility index (Phi) is 3.01. The molecule has 2 rings (SSSR count). The summed E-state index contributed by atoms with van der Waals surface area (Å²) in [7, 11) is -3.31. The summed E-state index contributed by atoms with van der Waals surface area (Å²) in [4.78, 5) is 0. The molecule has 0 amide bonds. The lowest BCUT2D eigenvalue weighted by Crippen LogP contribution is -2.08. The molecule has 0 aliphatic heterocycles. The van der Waals surface area contributed by atoms with Gasteiger partial charge in [-0.2, -0.15) is 0 Å². The van der Waals surface area contributed by atoms with Gasteiger partial charge in [0.2, 0.25) is 0 Å². The molecule has 17 heavy (non-hydrogen) atoms. The minimum absolute atomic E-state index is 0.157. The summed E-state index contributed by atoms with van der Waals surface area (Å²) in [5.41, 5.74) is 0.811. The van der Waals surface area contributed by atoms with Gasteiger partial charge in [0.15, 0.2) is 9.84 Å². The quantitative estimate of drug-likeness (QED) is 0.821. The maximum atomic E-state index is 11.8. The molecule has 0 aliphatic rings. The van der Waals surface area contributed by atoms with E-state index in [0.29, 0.717) is 22.9 Å². The zero-order chi connectivity index (χ0) is 12.5. The third-order valence-electron chi connectivity index (χ3n) is 2.09. The number of hydrogen-bond acceptors (Lipinski definition) is 6. The highest BCUT2D eigenvalue weighted by Gasteiger charge is 2.17. The van der Waals surface area contributed by atoms with Gasteiger partial charge in [-0.3, -0.25) is 0 Å². The second-order valence-electron chi connectivity index (χ2n) is 3.89. The molecule has 0 fully saturated rings. The summed E-state index contributed by atoms with van der Waals surface area (Å²) in [5, 5.41) is 7.30. The molecule has 0 spiro atoms. The SMILES string of the molecule is Cc1cc(CS(=O)(=O)Cc2cc(C)on2)no1. The summed E-state index contributed by atoms with van der Waals surface area (Å²) in [5.74, 6) is 0.868. The fourth-order valence-corrected chi connectivity index (χ4v) is 2.75. The number of rotatable bonds is 4. The second kappa shape index (κ2) is 4.33. The zero-order valence-electron chi connectivity index (χ0n) is 9.50. The fraction of sp³-hybridized carbons (Fsp3) is 0.400. The first-order valence-corrected chi connectivity index (χ1v) is 6.81. The monoisotopic (exact) mass is 256 g/mol. The third-order valence-corrected chi connectivity index (χ3v) is 3.56. The third kappa shape index (κ3) is 3.16. The average molecular weight is 256 g/mol. The van der Waals surface area contributed by atoms with Gasteiger partial charge in [-0.05, 0) is 13.8 Å². The van der Waals surface area contributed by atoms with E-state index in [2.05, 4.69) is 10.3 Å². The van der Waals surface area contributed by atoms with Crippen LogP contribution in [0.15, 0.2) is 21.2 Å². The summed E-state index contributed by atoms with van der Waals surface area (Å²) in [6, 6.07) is 3.21. The average Bonchev–Trinajstić information content (AvgIpc) is 2.74. The molecule has 0 aromatic carbocycles. The molecule has 0 atom stereocenters. The molecule has 0 radical (unpaired) electrons. The first-order valence-electron chi connectivity index (χ1n) is 4.99. The lowest BCUT2D eigenvalue weighted by atomic mass is 10.4. The number of aromatic nitrogens is 2. The van der Waals surface area contributed by atoms with Crippen LogP contribution in [0.3, 0.4) is 0 Å². The van der Waals surface area contributed by atoms with Gasteiger partial charge in [0, 0.05) is 12.1 Å². The predicted octanol–water partition coefficient (Wildman–Crippen LogP) is 1.39. The van der Waals surface area contributed by atoms with E-state index in [1.54, 1.807) is 26.0 Å². The molecule has 7 heteroatoms. The molecule has 0 bridgehead atoms. The van der Waals surface area contributed by atoms with Crippen molar-refractivity contribution >= 4 is 9.84 Å². The molecule has 2 heterocycles. The van der Waals surface area contributed by atoms with Crippen molar-refractivity contribution in [2.45, 2.75) is 25.4 Å². The van der Waals surface area contributed by atoms with Crippen LogP contribution >= 0.6 is 0 Å². The van der Waals surface area contributed by atoms with E-state index in [1.807, 2.05) is 0 Å². The highest BCUT2D eigenvalue weighted by atomic mass is 32.2. The molecule has 0 aliphatic carbocycles. The van der Waals surface area contributed by atoms with Gasteiger partial charge in [0.1, 0.15) is 11.5 Å². The first kappa shape index (κ1) is 11.8. The van der Waals surface area contributed by atoms with Gasteiger partial charge in [0.05, 0.1) is 22.9 Å². The highest BCUT2D eigenvalue weighted by Crippen LogP contribution is 2.12. The molecule has 2 aromatic rings. The second-order valence-corrected chi connectivity index (χ2v) is 5.95. The van der Waals surface area contributed by atoms with E-state index < -0.39 is 9.84 Å². The minimum Gasteiger partial charge on any atom is -0.361 e. The largest absolute Gasteiger partial charge is 0.361 e. The Morgan fingerprint density at radius 2 is 1.41 bits per heavy atom. The van der Waals surface area contributed by atoms with Crippen LogP contribution < -0.4 is 0 Å². The first-order chi connectivity index (χ1) is 7.94. The van der Waals surface area contributed by atoms with Crippen molar-refractivity contribution in [2.24, 2.45) is 0 Å². The number of aryl methyl sites for hydroxylation is 2. The van der Waals surface area contributed by atoms with Crippen LogP contribution in [0.2, 0.25) is 0 Å². The van der Waals surface area contributed by atoms with Crippen molar-refractivity contribution in [3.05, 3.63) is 35.0 Å². The smallest absolute Gasteiger partial charge is 0.161 e. The van der Waals surface area contributed by atoms with Crippen LogP contribution in [0.1, 0.15) is 22.9 Å². The Labute approximate surface area is 98.5 Å². The van der Waals surface area contributed by atoms with Gasteiger partial charge in [-0.15, -0.1) is 0 Å². The van der Waals surface area contributed by atoms with Gasteiger partial charge in [-0.1, -0.05) is 10.3 Å². The Morgan fingerprint density at radius 1 is 1.00 bits per heavy atom. The Balaban J connectivity index is 2.09. The number of nitrogens with zero attached hydrogens (tertiary/aromatic N) is 2. The Morgan fingerprint density at radius 3 is 1.71 bits per heavy atom. The lowest BCUT2D eigenvalue weighted by Gasteiger charge is -1.97. The molecule has 2 aromatic heterocycles. The van der Waals surface area contributed by atoms with Crippen molar-refractivity contribution in [1.29, 1.82) is 0 Å². The van der Waals surface area contributed by atoms with Crippen molar-refractivity contribution in [3.8, 4) is 0 Å². The van der Waals surface area contributed by atoms with Crippen molar-refractivity contribution < 1.29 is 17.5 Å². The van der Waals surface area contributed by atoms with Gasteiger partial charge >= 0.3 is 0 Å². The maximum absolute atomic E-state index is 11.8. The summed E-state index contributed by atoms with van der Waals surface area (Å²) in [6.07, 6.45) is 0. The molecule has 0 N–H and O–H groups in total. The van der Waals surface area contributed by atoms with Crippen LogP contribution in [-0.4, -0.2) is 18.7 Å². The van der Waals surface area contributed by atoms with Crippen molar-refractivity contribution in [1.82, 2.24) is 10.3 Å². The van der Waals surface area contributed by atoms with Crippen LogP contribution in [0.4, 0.5) is 0 Å². The molecule has 6 nitrogen and oxygen atoms in total. The standard InChI is InChI=1S/C10H12N2O4S/c1-7-3-9(11-15-7)5-17(13,14)6-10-4-8(2)16-12-10/h3-4H,5-6H2,1-2H3. The Bertz CT molecular complexity index is 564.